The Morgan fingerprint density at radius 3 is 2.44 bits per heavy atom. The van der Waals surface area contributed by atoms with Crippen molar-refractivity contribution in [2.75, 3.05) is 26.2 Å². The molecule has 0 aromatic heterocycles. The number of nitrogens with one attached hydrogen (secondary N) is 1. The molecular weight excluding hydrogens is 417 g/mol. The number of carbonyl (C=O) groups excluding carboxylic acids is 1. The molecule has 2 atom stereocenters. The summed E-state index contributed by atoms with van der Waals surface area (Å²) in [5.74, 6) is -0.577. The third kappa shape index (κ3) is 5.90. The SMILES string of the molecule is C[C@H](c1cccc(C(F)(F)F)c1-c1ccccc1)[C@@H]1CNCCN1CC(=O)OC(C)(C)C. The molecule has 3 rings (SSSR count). The molecule has 0 aliphatic carbocycles. The second-order valence-electron chi connectivity index (χ2n) is 9.25. The van der Waals surface area contributed by atoms with E-state index >= 15 is 0 Å². The molecule has 0 radical (unpaired) electrons. The normalized spacial score (nSPS) is 18.9. The molecule has 0 unspecified atom stereocenters. The Labute approximate surface area is 187 Å². The number of halogens is 3. The van der Waals surface area contributed by atoms with Crippen molar-refractivity contribution in [2.24, 2.45) is 0 Å². The van der Waals surface area contributed by atoms with Crippen LogP contribution in [0.1, 0.15) is 44.7 Å². The Bertz CT molecular complexity index is 923. The molecule has 1 aliphatic heterocycles. The lowest BCUT2D eigenvalue weighted by Gasteiger charge is -2.40. The lowest BCUT2D eigenvalue weighted by Crippen LogP contribution is -2.55. The van der Waals surface area contributed by atoms with Gasteiger partial charge in [0, 0.05) is 25.7 Å². The molecule has 4 nitrogen and oxygen atoms in total. The van der Waals surface area contributed by atoms with Gasteiger partial charge in [-0.3, -0.25) is 9.69 Å². The second-order valence-corrected chi connectivity index (χ2v) is 9.25. The van der Waals surface area contributed by atoms with Gasteiger partial charge in [0.05, 0.1) is 12.1 Å². The molecule has 32 heavy (non-hydrogen) atoms. The average Bonchev–Trinajstić information content (AvgIpc) is 2.71. The summed E-state index contributed by atoms with van der Waals surface area (Å²) in [6.07, 6.45) is -4.47. The van der Waals surface area contributed by atoms with Crippen molar-refractivity contribution in [1.29, 1.82) is 0 Å². The average molecular weight is 449 g/mol. The maximum Gasteiger partial charge on any atom is 0.417 e. The predicted octanol–water partition coefficient (Wildman–Crippen LogP) is 5.09. The third-order valence-corrected chi connectivity index (χ3v) is 5.68. The predicted molar refractivity (Wildman–Crippen MR) is 119 cm³/mol. The summed E-state index contributed by atoms with van der Waals surface area (Å²) in [7, 11) is 0. The molecule has 0 saturated carbocycles. The van der Waals surface area contributed by atoms with Gasteiger partial charge in [-0.1, -0.05) is 49.4 Å². The van der Waals surface area contributed by atoms with Gasteiger partial charge in [-0.2, -0.15) is 13.2 Å². The number of rotatable bonds is 5. The zero-order chi connectivity index (χ0) is 23.5. The summed E-state index contributed by atoms with van der Waals surface area (Å²) in [5, 5.41) is 3.33. The summed E-state index contributed by atoms with van der Waals surface area (Å²) in [6.45, 7) is 9.39. The third-order valence-electron chi connectivity index (χ3n) is 5.68. The topological polar surface area (TPSA) is 41.6 Å². The number of esters is 1. The molecule has 0 spiro atoms. The minimum atomic E-state index is -4.47. The zero-order valence-electron chi connectivity index (χ0n) is 19.0. The second kappa shape index (κ2) is 9.63. The van der Waals surface area contributed by atoms with Crippen LogP contribution in [0.4, 0.5) is 13.2 Å². The van der Waals surface area contributed by atoms with Crippen molar-refractivity contribution >= 4 is 5.97 Å². The smallest absolute Gasteiger partial charge is 0.417 e. The Kier molecular flexibility index (Phi) is 7.30. The van der Waals surface area contributed by atoms with E-state index in [1.54, 1.807) is 36.4 Å². The first kappa shape index (κ1) is 24.3. The van der Waals surface area contributed by atoms with Crippen LogP contribution >= 0.6 is 0 Å². The van der Waals surface area contributed by atoms with Crippen LogP contribution in [0.3, 0.4) is 0 Å². The van der Waals surface area contributed by atoms with Crippen LogP contribution < -0.4 is 5.32 Å². The lowest BCUT2D eigenvalue weighted by molar-refractivity contribution is -0.157. The molecular formula is C25H31F3N2O2. The summed E-state index contributed by atoms with van der Waals surface area (Å²) >= 11 is 0. The van der Waals surface area contributed by atoms with Crippen molar-refractivity contribution in [3.8, 4) is 11.1 Å². The van der Waals surface area contributed by atoms with E-state index in [-0.39, 0.29) is 30.0 Å². The summed E-state index contributed by atoms with van der Waals surface area (Å²) in [5.41, 5.74) is 0.123. The molecule has 2 aromatic carbocycles. The number of carbonyl (C=O) groups is 1. The van der Waals surface area contributed by atoms with Crippen LogP contribution in [0.5, 0.6) is 0 Å². The number of nitrogens with zero attached hydrogens (tertiary/aromatic N) is 1. The van der Waals surface area contributed by atoms with Gasteiger partial charge in [0.2, 0.25) is 0 Å². The first-order valence-electron chi connectivity index (χ1n) is 10.9. The number of ether oxygens (including phenoxy) is 1. The number of benzene rings is 2. The van der Waals surface area contributed by atoms with E-state index in [0.717, 1.165) is 6.07 Å². The maximum absolute atomic E-state index is 13.9. The first-order valence-corrected chi connectivity index (χ1v) is 10.9. The van der Waals surface area contributed by atoms with E-state index < -0.39 is 17.3 Å². The van der Waals surface area contributed by atoms with Crippen molar-refractivity contribution in [3.63, 3.8) is 0 Å². The van der Waals surface area contributed by atoms with E-state index in [9.17, 15) is 18.0 Å². The lowest BCUT2D eigenvalue weighted by atomic mass is 9.83. The molecule has 1 aliphatic rings. The van der Waals surface area contributed by atoms with E-state index in [0.29, 0.717) is 30.8 Å². The number of hydrogen-bond acceptors (Lipinski definition) is 4. The number of piperazine rings is 1. The van der Waals surface area contributed by atoms with Crippen LogP contribution in [-0.2, 0) is 15.7 Å². The van der Waals surface area contributed by atoms with Crippen molar-refractivity contribution in [1.82, 2.24) is 10.2 Å². The Morgan fingerprint density at radius 2 is 1.81 bits per heavy atom. The number of hydrogen-bond donors (Lipinski definition) is 1. The van der Waals surface area contributed by atoms with E-state index in [4.69, 9.17) is 4.74 Å². The highest BCUT2D eigenvalue weighted by Crippen LogP contribution is 2.42. The van der Waals surface area contributed by atoms with Crippen LogP contribution in [-0.4, -0.2) is 48.7 Å². The standard InChI is InChI=1S/C25H31F3N2O2/c1-17(21-15-29-13-14-30(21)16-22(31)32-24(2,3)4)19-11-8-12-20(25(26,27)28)23(19)18-9-6-5-7-10-18/h5-12,17,21,29H,13-16H2,1-4H3/t17-,21+/m1/s1. The Morgan fingerprint density at radius 1 is 1.12 bits per heavy atom. The minimum Gasteiger partial charge on any atom is -0.459 e. The van der Waals surface area contributed by atoms with Crippen LogP contribution in [0.15, 0.2) is 48.5 Å². The van der Waals surface area contributed by atoms with Crippen LogP contribution in [0.25, 0.3) is 11.1 Å². The van der Waals surface area contributed by atoms with E-state index in [2.05, 4.69) is 5.32 Å². The maximum atomic E-state index is 13.9. The largest absolute Gasteiger partial charge is 0.459 e. The molecule has 7 heteroatoms. The van der Waals surface area contributed by atoms with Crippen molar-refractivity contribution in [2.45, 2.75) is 51.4 Å². The fourth-order valence-corrected chi connectivity index (χ4v) is 4.32. The van der Waals surface area contributed by atoms with Gasteiger partial charge in [-0.05, 0) is 49.4 Å². The van der Waals surface area contributed by atoms with E-state index in [1.807, 2.05) is 32.6 Å². The van der Waals surface area contributed by atoms with Gasteiger partial charge in [-0.15, -0.1) is 0 Å². The monoisotopic (exact) mass is 448 g/mol. The minimum absolute atomic E-state index is 0.105. The summed E-state index contributed by atoms with van der Waals surface area (Å²) < 4.78 is 47.3. The van der Waals surface area contributed by atoms with Crippen molar-refractivity contribution in [3.05, 3.63) is 59.7 Å². The van der Waals surface area contributed by atoms with Gasteiger partial charge in [0.25, 0.3) is 0 Å². The molecule has 0 amide bonds. The molecule has 1 saturated heterocycles. The fourth-order valence-electron chi connectivity index (χ4n) is 4.32. The quantitative estimate of drug-likeness (QED) is 0.647. The molecule has 0 bridgehead atoms. The zero-order valence-corrected chi connectivity index (χ0v) is 19.0. The highest BCUT2D eigenvalue weighted by Gasteiger charge is 2.37. The highest BCUT2D eigenvalue weighted by molar-refractivity contribution is 5.73. The van der Waals surface area contributed by atoms with E-state index in [1.165, 1.54) is 6.07 Å². The fraction of sp³-hybridized carbons (Fsp3) is 0.480. The Hall–Kier alpha value is -2.38. The molecule has 1 fully saturated rings. The van der Waals surface area contributed by atoms with Crippen molar-refractivity contribution < 1.29 is 22.7 Å². The highest BCUT2D eigenvalue weighted by atomic mass is 19.4. The Balaban J connectivity index is 1.98. The molecule has 1 N–H and O–H groups in total. The number of alkyl halides is 3. The van der Waals surface area contributed by atoms with Gasteiger partial charge < -0.3 is 10.1 Å². The molecule has 2 aromatic rings. The van der Waals surface area contributed by atoms with Crippen LogP contribution in [0.2, 0.25) is 0 Å². The molecule has 1 heterocycles. The van der Waals surface area contributed by atoms with Gasteiger partial charge in [0.1, 0.15) is 5.60 Å². The summed E-state index contributed by atoms with van der Waals surface area (Å²) in [6, 6.07) is 12.9. The van der Waals surface area contributed by atoms with Gasteiger partial charge in [-0.25, -0.2) is 0 Å². The summed E-state index contributed by atoms with van der Waals surface area (Å²) in [4.78, 5) is 14.5. The first-order chi connectivity index (χ1) is 15.0. The van der Waals surface area contributed by atoms with Gasteiger partial charge >= 0.3 is 12.1 Å². The van der Waals surface area contributed by atoms with Crippen LogP contribution in [0, 0.1) is 0 Å². The van der Waals surface area contributed by atoms with Gasteiger partial charge in [0.15, 0.2) is 0 Å². The molecule has 174 valence electrons.